The topological polar surface area (TPSA) is 64.3 Å². The second kappa shape index (κ2) is 6.80. The van der Waals surface area contributed by atoms with E-state index < -0.39 is 0 Å². The molecule has 0 aromatic rings. The third kappa shape index (κ3) is 5.14. The van der Waals surface area contributed by atoms with Crippen LogP contribution in [0, 0.1) is 5.92 Å². The Kier molecular flexibility index (Phi) is 5.65. The maximum atomic E-state index is 11.2. The fraction of sp³-hybridized carbons (Fsp3) is 0.909. The van der Waals surface area contributed by atoms with Crippen molar-refractivity contribution in [3.8, 4) is 0 Å². The van der Waals surface area contributed by atoms with Gasteiger partial charge < -0.3 is 15.8 Å². The zero-order valence-corrected chi connectivity index (χ0v) is 9.50. The molecule has 0 unspecified atom stereocenters. The average molecular weight is 214 g/mol. The smallest absolute Gasteiger partial charge is 0.246 e. The lowest BCUT2D eigenvalue weighted by Crippen LogP contribution is -2.35. The first-order chi connectivity index (χ1) is 7.22. The molecule has 1 aliphatic carbocycles. The van der Waals surface area contributed by atoms with Gasteiger partial charge in [-0.2, -0.15) is 0 Å². The lowest BCUT2D eigenvalue weighted by atomic mass is 9.86. The Labute approximate surface area is 91.5 Å². The molecule has 4 nitrogen and oxygen atoms in total. The van der Waals surface area contributed by atoms with Gasteiger partial charge in [-0.05, 0) is 38.5 Å². The Morgan fingerprint density at radius 2 is 2.07 bits per heavy atom. The van der Waals surface area contributed by atoms with Gasteiger partial charge in [0.25, 0.3) is 0 Å². The molecule has 1 amide bonds. The Balaban J connectivity index is 2.06. The maximum Gasteiger partial charge on any atom is 0.246 e. The second-order valence-corrected chi connectivity index (χ2v) is 4.22. The van der Waals surface area contributed by atoms with Crippen LogP contribution < -0.4 is 11.1 Å². The van der Waals surface area contributed by atoms with Crippen molar-refractivity contribution in [3.05, 3.63) is 0 Å². The fourth-order valence-electron chi connectivity index (χ4n) is 1.90. The summed E-state index contributed by atoms with van der Waals surface area (Å²) in [5.41, 5.74) is 5.81. The molecule has 0 bridgehead atoms. The van der Waals surface area contributed by atoms with E-state index in [1.165, 1.54) is 0 Å². The van der Waals surface area contributed by atoms with E-state index in [4.69, 9.17) is 10.5 Å². The highest BCUT2D eigenvalue weighted by molar-refractivity contribution is 5.77. The summed E-state index contributed by atoms with van der Waals surface area (Å²) in [6.07, 6.45) is 4.45. The normalized spacial score (nSPS) is 26.3. The van der Waals surface area contributed by atoms with Gasteiger partial charge in [-0.25, -0.2) is 0 Å². The van der Waals surface area contributed by atoms with E-state index in [9.17, 15) is 4.79 Å². The molecular formula is C11H22N2O2. The molecule has 0 atom stereocenters. The zero-order chi connectivity index (χ0) is 11.1. The first-order valence-electron chi connectivity index (χ1n) is 5.82. The van der Waals surface area contributed by atoms with E-state index in [2.05, 4.69) is 5.32 Å². The molecule has 0 saturated heterocycles. The zero-order valence-electron chi connectivity index (χ0n) is 9.50. The molecule has 0 aromatic carbocycles. The van der Waals surface area contributed by atoms with Crippen LogP contribution in [0.1, 0.15) is 32.6 Å². The van der Waals surface area contributed by atoms with Crippen molar-refractivity contribution in [2.45, 2.75) is 38.6 Å². The van der Waals surface area contributed by atoms with E-state index >= 15 is 0 Å². The Morgan fingerprint density at radius 1 is 1.40 bits per heavy atom. The molecule has 15 heavy (non-hydrogen) atoms. The van der Waals surface area contributed by atoms with E-state index in [0.717, 1.165) is 32.2 Å². The molecular weight excluding hydrogens is 192 g/mol. The maximum absolute atomic E-state index is 11.2. The number of amides is 1. The van der Waals surface area contributed by atoms with Crippen LogP contribution in [0.5, 0.6) is 0 Å². The lowest BCUT2D eigenvalue weighted by molar-refractivity contribution is -0.125. The summed E-state index contributed by atoms with van der Waals surface area (Å²) in [6.45, 7) is 3.43. The number of rotatable bonds is 5. The molecule has 4 heteroatoms. The van der Waals surface area contributed by atoms with Crippen molar-refractivity contribution >= 4 is 5.91 Å². The van der Waals surface area contributed by atoms with Gasteiger partial charge >= 0.3 is 0 Å². The molecule has 0 heterocycles. The van der Waals surface area contributed by atoms with E-state index in [0.29, 0.717) is 18.6 Å². The number of carbonyl (C=O) groups is 1. The minimum Gasteiger partial charge on any atom is -0.372 e. The molecule has 1 rings (SSSR count). The molecule has 1 aliphatic rings. The molecule has 0 aliphatic heterocycles. The van der Waals surface area contributed by atoms with Gasteiger partial charge in [0.05, 0.1) is 0 Å². The number of ether oxygens (including phenoxy) is 1. The number of hydrogen-bond donors (Lipinski definition) is 2. The molecule has 0 aromatic heterocycles. The summed E-state index contributed by atoms with van der Waals surface area (Å²) in [5.74, 6) is 0.599. The Bertz CT molecular complexity index is 189. The van der Waals surface area contributed by atoms with Gasteiger partial charge in [0.1, 0.15) is 6.61 Å². The van der Waals surface area contributed by atoms with Crippen LogP contribution in [0.4, 0.5) is 0 Å². The summed E-state index contributed by atoms with van der Waals surface area (Å²) in [6, 6.07) is 0.375. The number of nitrogens with two attached hydrogens (primary N) is 1. The highest BCUT2D eigenvalue weighted by atomic mass is 16.5. The number of carbonyl (C=O) groups excluding carboxylic acids is 1. The number of hydrogen-bond acceptors (Lipinski definition) is 3. The summed E-state index contributed by atoms with van der Waals surface area (Å²) in [5, 5.41) is 2.90. The van der Waals surface area contributed by atoms with Crippen molar-refractivity contribution in [1.29, 1.82) is 0 Å². The van der Waals surface area contributed by atoms with Gasteiger partial charge in [-0.1, -0.05) is 0 Å². The summed E-state index contributed by atoms with van der Waals surface area (Å²) < 4.78 is 5.02. The minimum atomic E-state index is -0.00766. The Hall–Kier alpha value is -0.610. The highest BCUT2D eigenvalue weighted by Crippen LogP contribution is 2.22. The first kappa shape index (κ1) is 12.5. The molecule has 3 N–H and O–H groups in total. The summed E-state index contributed by atoms with van der Waals surface area (Å²) >= 11 is 0. The van der Waals surface area contributed by atoms with Crippen LogP contribution in [0.2, 0.25) is 0 Å². The van der Waals surface area contributed by atoms with Gasteiger partial charge in [-0.3, -0.25) is 4.79 Å². The average Bonchev–Trinajstić information content (AvgIpc) is 2.25. The van der Waals surface area contributed by atoms with E-state index in [1.54, 1.807) is 0 Å². The largest absolute Gasteiger partial charge is 0.372 e. The highest BCUT2D eigenvalue weighted by Gasteiger charge is 2.18. The molecule has 1 saturated carbocycles. The fourth-order valence-corrected chi connectivity index (χ4v) is 1.90. The third-order valence-electron chi connectivity index (χ3n) is 2.92. The summed E-state index contributed by atoms with van der Waals surface area (Å²) in [4.78, 5) is 11.2. The predicted octanol–water partition coefficient (Wildman–Crippen LogP) is 0.657. The molecule has 0 spiro atoms. The van der Waals surface area contributed by atoms with Crippen molar-refractivity contribution in [2.75, 3.05) is 19.8 Å². The van der Waals surface area contributed by atoms with Crippen LogP contribution in [-0.2, 0) is 9.53 Å². The summed E-state index contributed by atoms with van der Waals surface area (Å²) in [7, 11) is 0. The van der Waals surface area contributed by atoms with Gasteiger partial charge in [0, 0.05) is 19.2 Å². The van der Waals surface area contributed by atoms with Crippen molar-refractivity contribution < 1.29 is 9.53 Å². The van der Waals surface area contributed by atoms with Gasteiger partial charge in [0.15, 0.2) is 0 Å². The van der Waals surface area contributed by atoms with Crippen LogP contribution in [-0.4, -0.2) is 31.7 Å². The van der Waals surface area contributed by atoms with Crippen molar-refractivity contribution in [3.63, 3.8) is 0 Å². The van der Waals surface area contributed by atoms with Crippen molar-refractivity contribution in [1.82, 2.24) is 5.32 Å². The quantitative estimate of drug-likeness (QED) is 0.706. The van der Waals surface area contributed by atoms with Crippen LogP contribution in [0.3, 0.4) is 0 Å². The minimum absolute atomic E-state index is 0.00766. The monoisotopic (exact) mass is 214 g/mol. The van der Waals surface area contributed by atoms with E-state index in [-0.39, 0.29) is 12.5 Å². The van der Waals surface area contributed by atoms with Crippen LogP contribution >= 0.6 is 0 Å². The SMILES string of the molecule is CCOCC(=O)NCC1CCC(N)CC1. The predicted molar refractivity (Wildman–Crippen MR) is 59.4 cm³/mol. The first-order valence-corrected chi connectivity index (χ1v) is 5.82. The number of nitrogens with one attached hydrogen (secondary N) is 1. The standard InChI is InChI=1S/C11H22N2O2/c1-2-15-8-11(14)13-7-9-3-5-10(12)6-4-9/h9-10H,2-8,12H2,1H3,(H,13,14). The van der Waals surface area contributed by atoms with E-state index in [1.807, 2.05) is 6.92 Å². The van der Waals surface area contributed by atoms with Crippen LogP contribution in [0.15, 0.2) is 0 Å². The van der Waals surface area contributed by atoms with Gasteiger partial charge in [0.2, 0.25) is 5.91 Å². The second-order valence-electron chi connectivity index (χ2n) is 4.22. The van der Waals surface area contributed by atoms with Crippen molar-refractivity contribution in [2.24, 2.45) is 11.7 Å². The van der Waals surface area contributed by atoms with Crippen LogP contribution in [0.25, 0.3) is 0 Å². The molecule has 0 radical (unpaired) electrons. The Morgan fingerprint density at radius 3 is 2.67 bits per heavy atom. The molecule has 88 valence electrons. The molecule has 1 fully saturated rings. The van der Waals surface area contributed by atoms with Gasteiger partial charge in [-0.15, -0.1) is 0 Å². The third-order valence-corrected chi connectivity index (χ3v) is 2.92. The lowest BCUT2D eigenvalue weighted by Gasteiger charge is -2.26.